The first-order chi connectivity index (χ1) is 9.87. The molecule has 0 saturated heterocycles. The van der Waals surface area contributed by atoms with E-state index < -0.39 is 32.4 Å². The molecule has 0 fully saturated rings. The summed E-state index contributed by atoms with van der Waals surface area (Å²) in [7, 11) is -4.12. The van der Waals surface area contributed by atoms with Crippen LogP contribution >= 0.6 is 0 Å². The topological polar surface area (TPSA) is 38.5 Å². The summed E-state index contributed by atoms with van der Waals surface area (Å²) in [5.41, 5.74) is 0.371. The van der Waals surface area contributed by atoms with Crippen LogP contribution in [0.3, 0.4) is 0 Å². The first-order valence-electron chi connectivity index (χ1n) is 5.99. The van der Waals surface area contributed by atoms with E-state index in [0.717, 1.165) is 17.7 Å². The Balaban J connectivity index is 2.58. The predicted molar refractivity (Wildman–Crippen MR) is 74.1 cm³/mol. The summed E-state index contributed by atoms with van der Waals surface area (Å²) in [5.74, 6) is -2.49. The van der Waals surface area contributed by atoms with Crippen LogP contribution < -0.4 is 0 Å². The Bertz CT molecular complexity index is 809. The molecule has 108 valence electrons. The third-order valence-electron chi connectivity index (χ3n) is 3.01. The molecule has 0 N–H and O–H groups in total. The van der Waals surface area contributed by atoms with Gasteiger partial charge in [0, 0.05) is 0 Å². The van der Waals surface area contributed by atoms with Crippen molar-refractivity contribution in [1.82, 2.24) is 0 Å². The first-order valence-corrected chi connectivity index (χ1v) is 7.53. The number of hydrogen-bond acceptors (Lipinski definition) is 2. The van der Waals surface area contributed by atoms with Crippen molar-refractivity contribution in [2.45, 2.75) is 17.2 Å². The quantitative estimate of drug-likeness (QED) is 0.812. The fourth-order valence-electron chi connectivity index (χ4n) is 1.87. The Morgan fingerprint density at radius 3 is 2.29 bits per heavy atom. The van der Waals surface area contributed by atoms with E-state index in [1.54, 1.807) is 19.1 Å². The molecule has 0 bridgehead atoms. The molecule has 3 nitrogen and oxygen atoms in total. The first kappa shape index (κ1) is 15.1. The predicted octanol–water partition coefficient (Wildman–Crippen LogP) is 3.67. The number of benzene rings is 2. The standard InChI is InChI=1S/C15H11F2NO2S/c1-10-6-8-11(9-7-10)21(19,20)15(18-2)12-4-3-5-13(16)14(12)17/h3-9,15H,1H3. The lowest BCUT2D eigenvalue weighted by molar-refractivity contribution is 0.498. The van der Waals surface area contributed by atoms with Crippen molar-refractivity contribution in [2.24, 2.45) is 0 Å². The van der Waals surface area contributed by atoms with Gasteiger partial charge in [0.25, 0.3) is 9.84 Å². The summed E-state index contributed by atoms with van der Waals surface area (Å²) in [6, 6.07) is 9.01. The highest BCUT2D eigenvalue weighted by Gasteiger charge is 2.37. The van der Waals surface area contributed by atoms with Crippen molar-refractivity contribution < 1.29 is 17.2 Å². The molecule has 0 aliphatic carbocycles. The normalized spacial score (nSPS) is 12.7. The SMILES string of the molecule is [C-]#[N+]C(c1cccc(F)c1F)S(=O)(=O)c1ccc(C)cc1. The summed E-state index contributed by atoms with van der Waals surface area (Å²) in [4.78, 5) is 2.89. The molecule has 21 heavy (non-hydrogen) atoms. The van der Waals surface area contributed by atoms with Gasteiger partial charge in [-0.05, 0) is 31.2 Å². The van der Waals surface area contributed by atoms with Gasteiger partial charge in [-0.3, -0.25) is 4.85 Å². The van der Waals surface area contributed by atoms with E-state index in [1.807, 2.05) is 0 Å². The van der Waals surface area contributed by atoms with Crippen molar-refractivity contribution in [3.8, 4) is 0 Å². The molecule has 1 unspecified atom stereocenters. The molecule has 0 amide bonds. The lowest BCUT2D eigenvalue weighted by Crippen LogP contribution is -2.13. The zero-order chi connectivity index (χ0) is 15.6. The van der Waals surface area contributed by atoms with Crippen LogP contribution in [-0.4, -0.2) is 8.42 Å². The molecule has 2 rings (SSSR count). The average Bonchev–Trinajstić information content (AvgIpc) is 2.44. The largest absolute Gasteiger partial charge is 0.353 e. The van der Waals surface area contributed by atoms with Gasteiger partial charge in [-0.1, -0.05) is 23.8 Å². The van der Waals surface area contributed by atoms with Gasteiger partial charge in [0.1, 0.15) is 0 Å². The Kier molecular flexibility index (Phi) is 4.05. The van der Waals surface area contributed by atoms with Crippen LogP contribution in [0, 0.1) is 25.1 Å². The van der Waals surface area contributed by atoms with Crippen LogP contribution in [-0.2, 0) is 9.84 Å². The summed E-state index contributed by atoms with van der Waals surface area (Å²) in [6.45, 7) is 8.86. The molecule has 6 heteroatoms. The van der Waals surface area contributed by atoms with Crippen molar-refractivity contribution in [3.63, 3.8) is 0 Å². The van der Waals surface area contributed by atoms with Crippen LogP contribution in [0.2, 0.25) is 0 Å². The maximum atomic E-state index is 13.8. The Morgan fingerprint density at radius 1 is 1.10 bits per heavy atom. The van der Waals surface area contributed by atoms with Crippen LogP contribution in [0.4, 0.5) is 8.78 Å². The molecule has 0 heterocycles. The number of aryl methyl sites for hydroxylation is 1. The second kappa shape index (κ2) is 5.62. The van der Waals surface area contributed by atoms with Gasteiger partial charge in [-0.15, -0.1) is 0 Å². The molecule has 0 aliphatic heterocycles. The molecule has 1 atom stereocenters. The molecular weight excluding hydrogens is 296 g/mol. The molecule has 0 saturated carbocycles. The van der Waals surface area contributed by atoms with Gasteiger partial charge in [0.15, 0.2) is 11.6 Å². The van der Waals surface area contributed by atoms with Crippen LogP contribution in [0.25, 0.3) is 4.85 Å². The van der Waals surface area contributed by atoms with Crippen molar-refractivity contribution in [3.05, 3.63) is 76.6 Å². The second-order valence-electron chi connectivity index (χ2n) is 4.48. The summed E-state index contributed by atoms with van der Waals surface area (Å²) in [5, 5.41) is -1.81. The number of rotatable bonds is 3. The van der Waals surface area contributed by atoms with Crippen LogP contribution in [0.15, 0.2) is 47.4 Å². The fourth-order valence-corrected chi connectivity index (χ4v) is 3.30. The zero-order valence-electron chi connectivity index (χ0n) is 11.0. The van der Waals surface area contributed by atoms with E-state index in [2.05, 4.69) is 4.85 Å². The third kappa shape index (κ3) is 2.78. The van der Waals surface area contributed by atoms with Crippen molar-refractivity contribution >= 4 is 9.84 Å². The smallest absolute Gasteiger partial charge is 0.291 e. The minimum Gasteiger partial charge on any atom is -0.291 e. The van der Waals surface area contributed by atoms with Gasteiger partial charge >= 0.3 is 5.37 Å². The van der Waals surface area contributed by atoms with Gasteiger partial charge in [0.2, 0.25) is 0 Å². The highest BCUT2D eigenvalue weighted by Crippen LogP contribution is 2.32. The van der Waals surface area contributed by atoms with Crippen LogP contribution in [0.1, 0.15) is 16.5 Å². The van der Waals surface area contributed by atoms with Crippen molar-refractivity contribution in [1.29, 1.82) is 0 Å². The zero-order valence-corrected chi connectivity index (χ0v) is 11.9. The van der Waals surface area contributed by atoms with Gasteiger partial charge < -0.3 is 0 Å². The fraction of sp³-hybridized carbons (Fsp3) is 0.133. The van der Waals surface area contributed by atoms with Gasteiger partial charge in [-0.2, -0.15) is 0 Å². The molecule has 0 radical (unpaired) electrons. The van der Waals surface area contributed by atoms with E-state index >= 15 is 0 Å². The van der Waals surface area contributed by atoms with Gasteiger partial charge in [-0.25, -0.2) is 23.8 Å². The summed E-state index contributed by atoms with van der Waals surface area (Å²) < 4.78 is 51.9. The maximum Gasteiger partial charge on any atom is 0.353 e. The minimum absolute atomic E-state index is 0.0993. The monoisotopic (exact) mass is 307 g/mol. The minimum atomic E-state index is -4.12. The Morgan fingerprint density at radius 2 is 1.71 bits per heavy atom. The molecule has 0 aromatic heterocycles. The number of hydrogen-bond donors (Lipinski definition) is 0. The number of halogens is 2. The second-order valence-corrected chi connectivity index (χ2v) is 6.49. The summed E-state index contributed by atoms with van der Waals surface area (Å²) >= 11 is 0. The lowest BCUT2D eigenvalue weighted by Gasteiger charge is -2.09. The van der Waals surface area contributed by atoms with E-state index in [0.29, 0.717) is 0 Å². The van der Waals surface area contributed by atoms with E-state index in [-0.39, 0.29) is 4.90 Å². The van der Waals surface area contributed by atoms with E-state index in [4.69, 9.17) is 6.57 Å². The third-order valence-corrected chi connectivity index (χ3v) is 4.88. The average molecular weight is 307 g/mol. The van der Waals surface area contributed by atoms with Crippen molar-refractivity contribution in [2.75, 3.05) is 0 Å². The van der Waals surface area contributed by atoms with E-state index in [9.17, 15) is 17.2 Å². The molecule has 2 aromatic rings. The maximum absolute atomic E-state index is 13.8. The van der Waals surface area contributed by atoms with Gasteiger partial charge in [0.05, 0.1) is 10.5 Å². The Labute approximate surface area is 121 Å². The molecular formula is C15H11F2NO2S. The molecule has 2 aromatic carbocycles. The highest BCUT2D eigenvalue weighted by atomic mass is 32.2. The number of nitrogens with zero attached hydrogens (tertiary/aromatic N) is 1. The lowest BCUT2D eigenvalue weighted by atomic mass is 10.2. The van der Waals surface area contributed by atoms with Crippen LogP contribution in [0.5, 0.6) is 0 Å². The van der Waals surface area contributed by atoms with E-state index in [1.165, 1.54) is 18.2 Å². The number of sulfone groups is 1. The molecule has 0 aliphatic rings. The Hall–Kier alpha value is -2.26. The summed E-state index contributed by atoms with van der Waals surface area (Å²) in [6.07, 6.45) is 0. The molecule has 0 spiro atoms. The highest BCUT2D eigenvalue weighted by molar-refractivity contribution is 7.91.